The first-order chi connectivity index (χ1) is 25.7. The van der Waals surface area contributed by atoms with Crippen LogP contribution in [0.25, 0.3) is 53.2 Å². The lowest BCUT2D eigenvalue weighted by molar-refractivity contribution is 0.0768. The average molecular weight is 686 g/mol. The molecule has 1 spiro atoms. The summed E-state index contributed by atoms with van der Waals surface area (Å²) >= 11 is 1.91. The fraction of sp³-hybridized carbons (Fsp3) is 0.200. The summed E-state index contributed by atoms with van der Waals surface area (Å²) < 4.78 is 2.70. The van der Waals surface area contributed by atoms with Crippen LogP contribution in [0.5, 0.6) is 0 Å². The van der Waals surface area contributed by atoms with Crippen molar-refractivity contribution in [1.82, 2.24) is 0 Å². The summed E-state index contributed by atoms with van der Waals surface area (Å²) in [6, 6.07) is 57.7. The normalized spacial score (nSPS) is 23.8. The fourth-order valence-corrected chi connectivity index (χ4v) is 13.1. The molecule has 8 aromatic rings. The van der Waals surface area contributed by atoms with Crippen LogP contribution in [-0.2, 0) is 5.41 Å². The van der Waals surface area contributed by atoms with Crippen molar-refractivity contribution in [2.75, 3.05) is 4.90 Å². The third-order valence-corrected chi connectivity index (χ3v) is 14.9. The van der Waals surface area contributed by atoms with Crippen molar-refractivity contribution in [3.05, 3.63) is 163 Å². The molecule has 52 heavy (non-hydrogen) atoms. The van der Waals surface area contributed by atoms with Crippen molar-refractivity contribution in [2.45, 2.75) is 37.5 Å². The molecule has 12 rings (SSSR count). The predicted octanol–water partition coefficient (Wildman–Crippen LogP) is 14.1. The Morgan fingerprint density at radius 1 is 0.519 bits per heavy atom. The molecule has 0 aliphatic heterocycles. The Bertz CT molecular complexity index is 2740. The molecule has 4 aliphatic rings. The Morgan fingerprint density at radius 2 is 1.27 bits per heavy atom. The molecule has 4 aliphatic carbocycles. The number of benzene rings is 7. The first-order valence-corrected chi connectivity index (χ1v) is 20.1. The summed E-state index contributed by atoms with van der Waals surface area (Å²) in [4.78, 5) is 2.51. The lowest BCUT2D eigenvalue weighted by Crippen LogP contribution is -2.48. The van der Waals surface area contributed by atoms with Crippen molar-refractivity contribution in [2.24, 2.45) is 23.7 Å². The maximum Gasteiger partial charge on any atom is 0.0468 e. The second-order valence-corrected chi connectivity index (χ2v) is 17.1. The van der Waals surface area contributed by atoms with Gasteiger partial charge in [0, 0.05) is 42.6 Å². The fourth-order valence-electron chi connectivity index (χ4n) is 11.8. The zero-order valence-electron chi connectivity index (χ0n) is 29.1. The minimum Gasteiger partial charge on any atom is -0.310 e. The van der Waals surface area contributed by atoms with Crippen LogP contribution in [0.2, 0.25) is 0 Å². The van der Waals surface area contributed by atoms with Gasteiger partial charge in [-0.3, -0.25) is 0 Å². The summed E-state index contributed by atoms with van der Waals surface area (Å²) in [6.07, 6.45) is 7.10. The Labute approximate surface area is 309 Å². The standard InChI is InChI=1S/C50H39NS/c1-2-10-33-28-38(22-20-32(33)9-1)51(37-12-7-11-34(29-37)40-15-8-16-43-42-14-4-6-18-48(42)52-49(40)43)39-23-24-46-44(30-39)41-13-3-5-17-45(41)50(46)36-21-19-35-25-31(26-36)27-47(35)50/h1-18,20,22-24,28-31,35-36,47H,19,21,25-27H2/t31-,35?,36-,47+,50?/m0/s1. The van der Waals surface area contributed by atoms with Gasteiger partial charge in [-0.05, 0) is 142 Å². The molecule has 1 aromatic heterocycles. The van der Waals surface area contributed by atoms with Gasteiger partial charge < -0.3 is 4.90 Å². The molecule has 3 saturated carbocycles. The monoisotopic (exact) mass is 685 g/mol. The largest absolute Gasteiger partial charge is 0.310 e. The zero-order chi connectivity index (χ0) is 34.0. The van der Waals surface area contributed by atoms with Gasteiger partial charge in [0.2, 0.25) is 0 Å². The topological polar surface area (TPSA) is 3.24 Å². The zero-order valence-corrected chi connectivity index (χ0v) is 30.0. The van der Waals surface area contributed by atoms with Crippen LogP contribution >= 0.6 is 11.3 Å². The van der Waals surface area contributed by atoms with E-state index in [1.807, 2.05) is 11.3 Å². The number of hydrogen-bond donors (Lipinski definition) is 0. The van der Waals surface area contributed by atoms with Gasteiger partial charge in [0.1, 0.15) is 0 Å². The van der Waals surface area contributed by atoms with Gasteiger partial charge >= 0.3 is 0 Å². The van der Waals surface area contributed by atoms with Gasteiger partial charge in [0.25, 0.3) is 0 Å². The Morgan fingerprint density at radius 3 is 2.25 bits per heavy atom. The summed E-state index contributed by atoms with van der Waals surface area (Å²) in [5.41, 5.74) is 12.5. The van der Waals surface area contributed by atoms with Gasteiger partial charge in [-0.15, -0.1) is 11.3 Å². The number of nitrogens with zero attached hydrogens (tertiary/aromatic N) is 1. The quantitative estimate of drug-likeness (QED) is 0.178. The van der Waals surface area contributed by atoms with Gasteiger partial charge in [-0.25, -0.2) is 0 Å². The van der Waals surface area contributed by atoms with Crippen molar-refractivity contribution >= 4 is 59.3 Å². The summed E-state index contributed by atoms with van der Waals surface area (Å²) in [7, 11) is 0. The second-order valence-electron chi connectivity index (χ2n) is 16.1. The third kappa shape index (κ3) is 3.99. The Balaban J connectivity index is 1.06. The molecule has 1 nitrogen and oxygen atoms in total. The van der Waals surface area contributed by atoms with Crippen molar-refractivity contribution < 1.29 is 0 Å². The Kier molecular flexibility index (Phi) is 6.17. The summed E-state index contributed by atoms with van der Waals surface area (Å²) in [5.74, 6) is 3.36. The van der Waals surface area contributed by atoms with Crippen LogP contribution < -0.4 is 4.90 Å². The van der Waals surface area contributed by atoms with Gasteiger partial charge in [-0.2, -0.15) is 0 Å². The lowest BCUT2D eigenvalue weighted by atomic mass is 9.51. The summed E-state index contributed by atoms with van der Waals surface area (Å²) in [6.45, 7) is 0. The van der Waals surface area contributed by atoms with Crippen LogP contribution in [0.15, 0.2) is 152 Å². The van der Waals surface area contributed by atoms with Gasteiger partial charge in [0.15, 0.2) is 0 Å². The molecule has 1 heterocycles. The Hall–Kier alpha value is -5.18. The maximum atomic E-state index is 2.56. The van der Waals surface area contributed by atoms with E-state index in [1.54, 1.807) is 11.1 Å². The van der Waals surface area contributed by atoms with E-state index in [4.69, 9.17) is 0 Å². The predicted molar refractivity (Wildman–Crippen MR) is 220 cm³/mol. The molecule has 7 aromatic carbocycles. The molecular weight excluding hydrogens is 647 g/mol. The molecule has 3 fully saturated rings. The SMILES string of the molecule is c1cc(-c2cccc3c2sc2ccccc23)cc(N(c2ccc3c(c2)-c2ccccc2C32[C@H]3CCC4C[C@@H](C3)C[C@H]42)c2ccc3ccccc3c2)c1. The molecule has 3 bridgehead atoms. The van der Waals surface area contributed by atoms with Crippen LogP contribution in [0.1, 0.15) is 43.2 Å². The highest BCUT2D eigenvalue weighted by Gasteiger charge is 2.63. The maximum absolute atomic E-state index is 2.56. The minimum absolute atomic E-state index is 0.178. The number of anilines is 3. The number of fused-ring (bicyclic) bond motifs is 8. The second kappa shape index (κ2) is 10.9. The molecule has 0 radical (unpaired) electrons. The van der Waals surface area contributed by atoms with E-state index in [2.05, 4.69) is 157 Å². The molecule has 2 unspecified atom stereocenters. The molecule has 0 amide bonds. The lowest BCUT2D eigenvalue weighted by Gasteiger charge is -2.52. The highest BCUT2D eigenvalue weighted by Crippen LogP contribution is 2.70. The van der Waals surface area contributed by atoms with E-state index in [1.165, 1.54) is 102 Å². The van der Waals surface area contributed by atoms with Gasteiger partial charge in [0.05, 0.1) is 0 Å². The highest BCUT2D eigenvalue weighted by atomic mass is 32.1. The molecular formula is C50H39NS. The van der Waals surface area contributed by atoms with Crippen LogP contribution in [0.3, 0.4) is 0 Å². The molecule has 0 saturated heterocycles. The number of hydrogen-bond acceptors (Lipinski definition) is 2. The van der Waals surface area contributed by atoms with E-state index in [0.29, 0.717) is 0 Å². The van der Waals surface area contributed by atoms with E-state index >= 15 is 0 Å². The van der Waals surface area contributed by atoms with Crippen molar-refractivity contribution in [3.8, 4) is 22.3 Å². The first kappa shape index (κ1) is 29.4. The number of rotatable bonds is 4. The van der Waals surface area contributed by atoms with Crippen LogP contribution in [0, 0.1) is 23.7 Å². The smallest absolute Gasteiger partial charge is 0.0468 e. The molecule has 2 heteroatoms. The van der Waals surface area contributed by atoms with Gasteiger partial charge in [-0.1, -0.05) is 109 Å². The van der Waals surface area contributed by atoms with Crippen molar-refractivity contribution in [3.63, 3.8) is 0 Å². The average Bonchev–Trinajstić information content (AvgIpc) is 3.79. The molecule has 250 valence electrons. The van der Waals surface area contributed by atoms with Crippen molar-refractivity contribution in [1.29, 1.82) is 0 Å². The highest BCUT2D eigenvalue weighted by molar-refractivity contribution is 7.26. The van der Waals surface area contributed by atoms with E-state index < -0.39 is 0 Å². The summed E-state index contributed by atoms with van der Waals surface area (Å²) in [5, 5.41) is 5.21. The van der Waals surface area contributed by atoms with E-state index in [9.17, 15) is 0 Å². The third-order valence-electron chi connectivity index (χ3n) is 13.7. The van der Waals surface area contributed by atoms with E-state index in [0.717, 1.165) is 23.7 Å². The molecule has 5 atom stereocenters. The minimum atomic E-state index is 0.178. The number of thiophene rings is 1. The first-order valence-electron chi connectivity index (χ1n) is 19.3. The van der Waals surface area contributed by atoms with E-state index in [-0.39, 0.29) is 5.41 Å². The van der Waals surface area contributed by atoms with Crippen LogP contribution in [0.4, 0.5) is 17.1 Å². The van der Waals surface area contributed by atoms with Crippen LogP contribution in [-0.4, -0.2) is 0 Å². The molecule has 0 N–H and O–H groups in total.